The van der Waals surface area contributed by atoms with Crippen LogP contribution in [0, 0.1) is 0 Å². The van der Waals surface area contributed by atoms with Gasteiger partial charge in [-0.25, -0.2) is 0 Å². The van der Waals surface area contributed by atoms with Crippen LogP contribution in [0.5, 0.6) is 0 Å². The molecule has 1 unspecified atom stereocenters. The Balaban J connectivity index is 1.91. The first-order valence-electron chi connectivity index (χ1n) is 6.48. The van der Waals surface area contributed by atoms with Crippen molar-refractivity contribution in [3.05, 3.63) is 46.5 Å². The summed E-state index contributed by atoms with van der Waals surface area (Å²) in [5.74, 6) is 0.255. The molecule has 1 aromatic heterocycles. The Bertz CT molecular complexity index is 551. The van der Waals surface area contributed by atoms with E-state index in [2.05, 4.69) is 40.9 Å². The van der Waals surface area contributed by atoms with Gasteiger partial charge in [0, 0.05) is 18.0 Å². The van der Waals surface area contributed by atoms with E-state index < -0.39 is 0 Å². The molecule has 0 saturated carbocycles. The van der Waals surface area contributed by atoms with E-state index in [1.165, 1.54) is 5.56 Å². The van der Waals surface area contributed by atoms with Gasteiger partial charge >= 0.3 is 0 Å². The van der Waals surface area contributed by atoms with E-state index in [0.717, 1.165) is 17.1 Å². The molecule has 20 heavy (non-hydrogen) atoms. The molecule has 1 aromatic carbocycles. The number of aromatic nitrogens is 2. The van der Waals surface area contributed by atoms with Crippen LogP contribution < -0.4 is 11.1 Å². The van der Waals surface area contributed by atoms with Crippen molar-refractivity contribution < 1.29 is 4.79 Å². The van der Waals surface area contributed by atoms with Crippen LogP contribution in [0.3, 0.4) is 0 Å². The van der Waals surface area contributed by atoms with Crippen molar-refractivity contribution in [2.24, 2.45) is 5.73 Å². The van der Waals surface area contributed by atoms with Crippen molar-refractivity contribution in [3.63, 3.8) is 0 Å². The molecule has 2 rings (SSSR count). The lowest BCUT2D eigenvalue weighted by molar-refractivity contribution is 0.0946. The maximum absolute atomic E-state index is 11.7. The molecule has 0 aliphatic heterocycles. The lowest BCUT2D eigenvalue weighted by Gasteiger charge is -2.14. The average molecular weight is 290 g/mol. The van der Waals surface area contributed by atoms with Crippen molar-refractivity contribution in [1.82, 2.24) is 14.9 Å². The van der Waals surface area contributed by atoms with Crippen LogP contribution >= 0.6 is 11.5 Å². The molecule has 0 aliphatic carbocycles. The minimum absolute atomic E-state index is 0.230. The van der Waals surface area contributed by atoms with Crippen molar-refractivity contribution >= 4 is 17.4 Å². The van der Waals surface area contributed by atoms with E-state index in [1.807, 2.05) is 12.1 Å². The number of nitrogens with two attached hydrogens (primary N) is 1. The van der Waals surface area contributed by atoms with Crippen LogP contribution in [-0.2, 0) is 0 Å². The van der Waals surface area contributed by atoms with Crippen molar-refractivity contribution in [3.8, 4) is 0 Å². The molecule has 1 amide bonds. The number of rotatable bonds is 5. The van der Waals surface area contributed by atoms with E-state index in [4.69, 9.17) is 5.73 Å². The predicted molar refractivity (Wildman–Crippen MR) is 79.7 cm³/mol. The average Bonchev–Trinajstić information content (AvgIpc) is 2.98. The molecule has 3 N–H and O–H groups in total. The van der Waals surface area contributed by atoms with E-state index in [-0.39, 0.29) is 11.9 Å². The first-order chi connectivity index (χ1) is 9.58. The van der Waals surface area contributed by atoms with Gasteiger partial charge in [-0.1, -0.05) is 42.6 Å². The normalized spacial score (nSPS) is 12.4. The SMILES string of the molecule is CC(C)c1ccc(C(N)CNC(=O)c2csnn2)cc1. The molecular formula is C14H18N4OS. The molecule has 0 fully saturated rings. The lowest BCUT2D eigenvalue weighted by Crippen LogP contribution is -2.32. The van der Waals surface area contributed by atoms with Crippen molar-refractivity contribution in [2.75, 3.05) is 6.54 Å². The summed E-state index contributed by atoms with van der Waals surface area (Å²) >= 11 is 1.15. The fraction of sp³-hybridized carbons (Fsp3) is 0.357. The number of nitrogens with zero attached hydrogens (tertiary/aromatic N) is 2. The second-order valence-electron chi connectivity index (χ2n) is 4.93. The molecule has 0 saturated heterocycles. The summed E-state index contributed by atoms with van der Waals surface area (Å²) in [6, 6.07) is 7.94. The van der Waals surface area contributed by atoms with Crippen LogP contribution in [0.1, 0.15) is 47.4 Å². The Labute approximate surface area is 122 Å². The van der Waals surface area contributed by atoms with E-state index in [0.29, 0.717) is 18.2 Å². The minimum Gasteiger partial charge on any atom is -0.349 e. The third kappa shape index (κ3) is 3.61. The first-order valence-corrected chi connectivity index (χ1v) is 7.32. The maximum atomic E-state index is 11.7. The molecule has 5 nitrogen and oxygen atoms in total. The van der Waals surface area contributed by atoms with Crippen molar-refractivity contribution in [1.29, 1.82) is 0 Å². The summed E-state index contributed by atoms with van der Waals surface area (Å²) in [4.78, 5) is 11.7. The van der Waals surface area contributed by atoms with Gasteiger partial charge in [0.05, 0.1) is 0 Å². The fourth-order valence-electron chi connectivity index (χ4n) is 1.80. The monoisotopic (exact) mass is 290 g/mol. The second-order valence-corrected chi connectivity index (χ2v) is 5.54. The van der Waals surface area contributed by atoms with Gasteiger partial charge in [-0.05, 0) is 28.6 Å². The zero-order chi connectivity index (χ0) is 14.5. The number of nitrogens with one attached hydrogen (secondary N) is 1. The molecule has 0 radical (unpaired) electrons. The smallest absolute Gasteiger partial charge is 0.272 e. The molecule has 0 bridgehead atoms. The summed E-state index contributed by atoms with van der Waals surface area (Å²) < 4.78 is 3.65. The highest BCUT2D eigenvalue weighted by molar-refractivity contribution is 7.03. The van der Waals surface area contributed by atoms with Gasteiger partial charge in [0.15, 0.2) is 5.69 Å². The molecule has 1 heterocycles. The molecule has 106 valence electrons. The number of carbonyl (C=O) groups is 1. The van der Waals surface area contributed by atoms with Crippen molar-refractivity contribution in [2.45, 2.75) is 25.8 Å². The summed E-state index contributed by atoms with van der Waals surface area (Å²) in [7, 11) is 0. The third-order valence-electron chi connectivity index (χ3n) is 3.11. The third-order valence-corrected chi connectivity index (χ3v) is 3.61. The molecular weight excluding hydrogens is 272 g/mol. The number of hydrogen-bond acceptors (Lipinski definition) is 5. The Hall–Kier alpha value is -1.79. The fourth-order valence-corrected chi connectivity index (χ4v) is 2.24. The first kappa shape index (κ1) is 14.6. The van der Waals surface area contributed by atoms with Crippen LogP contribution in [0.15, 0.2) is 29.6 Å². The summed E-state index contributed by atoms with van der Waals surface area (Å²) in [5.41, 5.74) is 8.69. The maximum Gasteiger partial charge on any atom is 0.272 e. The topological polar surface area (TPSA) is 80.9 Å². The van der Waals surface area contributed by atoms with Gasteiger partial charge in [0.2, 0.25) is 0 Å². The Morgan fingerprint density at radius 3 is 2.50 bits per heavy atom. The van der Waals surface area contributed by atoms with Gasteiger partial charge in [-0.3, -0.25) is 4.79 Å². The number of hydrogen-bond donors (Lipinski definition) is 2. The van der Waals surface area contributed by atoms with Gasteiger partial charge < -0.3 is 11.1 Å². The Kier molecular flexibility index (Phi) is 4.81. The summed E-state index contributed by atoms with van der Waals surface area (Å²) in [5, 5.41) is 8.08. The minimum atomic E-state index is -0.243. The van der Waals surface area contributed by atoms with Gasteiger partial charge in [-0.15, -0.1) is 5.10 Å². The number of carbonyl (C=O) groups excluding carboxylic acids is 1. The molecule has 1 atom stereocenters. The molecule has 0 aliphatic rings. The van der Waals surface area contributed by atoms with Gasteiger partial charge in [-0.2, -0.15) is 0 Å². The van der Waals surface area contributed by atoms with E-state index in [9.17, 15) is 4.79 Å². The quantitative estimate of drug-likeness (QED) is 0.883. The number of amides is 1. The zero-order valence-electron chi connectivity index (χ0n) is 11.5. The van der Waals surface area contributed by atoms with Crippen LogP contribution in [0.2, 0.25) is 0 Å². The second kappa shape index (κ2) is 6.58. The highest BCUT2D eigenvalue weighted by atomic mass is 32.1. The van der Waals surface area contributed by atoms with Gasteiger partial charge in [0.1, 0.15) is 0 Å². The predicted octanol–water partition coefficient (Wildman–Crippen LogP) is 2.09. The molecule has 6 heteroatoms. The standard InChI is InChI=1S/C14H18N4OS/c1-9(2)10-3-5-11(6-4-10)12(15)7-16-14(19)13-8-20-18-17-13/h3-6,8-9,12H,7,15H2,1-2H3,(H,16,19). The van der Waals surface area contributed by atoms with Crippen LogP contribution in [0.25, 0.3) is 0 Å². The summed E-state index contributed by atoms with van der Waals surface area (Å²) in [6.45, 7) is 4.67. The van der Waals surface area contributed by atoms with E-state index in [1.54, 1.807) is 5.38 Å². The highest BCUT2D eigenvalue weighted by Gasteiger charge is 2.12. The largest absolute Gasteiger partial charge is 0.349 e. The van der Waals surface area contributed by atoms with Gasteiger partial charge in [0.25, 0.3) is 5.91 Å². The Morgan fingerprint density at radius 2 is 1.95 bits per heavy atom. The van der Waals surface area contributed by atoms with Crippen LogP contribution in [0.4, 0.5) is 0 Å². The molecule has 0 spiro atoms. The Morgan fingerprint density at radius 1 is 1.30 bits per heavy atom. The zero-order valence-corrected chi connectivity index (χ0v) is 12.4. The van der Waals surface area contributed by atoms with Crippen LogP contribution in [-0.4, -0.2) is 22.0 Å². The summed E-state index contributed by atoms with van der Waals surface area (Å²) in [6.07, 6.45) is 0. The highest BCUT2D eigenvalue weighted by Crippen LogP contribution is 2.17. The molecule has 2 aromatic rings. The lowest BCUT2D eigenvalue weighted by atomic mass is 9.99. The number of benzene rings is 1. The van der Waals surface area contributed by atoms with E-state index >= 15 is 0 Å².